The van der Waals surface area contributed by atoms with E-state index in [0.717, 1.165) is 47.3 Å². The van der Waals surface area contributed by atoms with Gasteiger partial charge in [-0.1, -0.05) is 93.6 Å². The number of aromatic nitrogens is 7. The number of H-pyrrole nitrogens is 1. The maximum Gasteiger partial charge on any atom is 0.217 e. The summed E-state index contributed by atoms with van der Waals surface area (Å²) >= 11 is 0. The molecule has 1 aliphatic rings. The Balaban J connectivity index is 1.36. The van der Waals surface area contributed by atoms with E-state index in [2.05, 4.69) is 68.0 Å². The number of tetrazole rings is 1. The van der Waals surface area contributed by atoms with Crippen molar-refractivity contribution < 1.29 is 4.79 Å². The molecule has 2 aromatic heterocycles. The number of nitrogens with zero attached hydrogens (tertiary/aromatic N) is 6. The van der Waals surface area contributed by atoms with Crippen molar-refractivity contribution in [1.29, 1.82) is 0 Å². The second-order valence-electron chi connectivity index (χ2n) is 9.37. The summed E-state index contributed by atoms with van der Waals surface area (Å²) in [5, 5.41) is 19.1. The average Bonchev–Trinajstić information content (AvgIpc) is 3.59. The highest BCUT2D eigenvalue weighted by atomic mass is 16.1. The number of rotatable bonds is 9. The number of nitrogens with one attached hydrogen (secondary N) is 1. The van der Waals surface area contributed by atoms with E-state index < -0.39 is 0 Å². The zero-order valence-electron chi connectivity index (χ0n) is 20.6. The summed E-state index contributed by atoms with van der Waals surface area (Å²) in [6, 6.07) is 16.3. The van der Waals surface area contributed by atoms with Crippen LogP contribution in [0.4, 0.5) is 0 Å². The molecule has 0 aliphatic heterocycles. The molecule has 1 fully saturated rings. The molecule has 8 nitrogen and oxygen atoms in total. The van der Waals surface area contributed by atoms with Crippen LogP contribution < -0.4 is 0 Å². The van der Waals surface area contributed by atoms with Crippen LogP contribution in [0, 0.1) is 5.92 Å². The fraction of sp³-hybridized carbons (Fsp3) is 0.357. The van der Waals surface area contributed by atoms with E-state index in [4.69, 9.17) is 0 Å². The Labute approximate surface area is 210 Å². The first-order chi connectivity index (χ1) is 17.7. The molecule has 2 aromatic carbocycles. The largest absolute Gasteiger partial charge is 0.291 e. The van der Waals surface area contributed by atoms with Gasteiger partial charge in [0.1, 0.15) is 0 Å². The van der Waals surface area contributed by atoms with Gasteiger partial charge >= 0.3 is 0 Å². The maximum absolute atomic E-state index is 13.0. The number of benzene rings is 2. The highest BCUT2D eigenvalue weighted by molar-refractivity contribution is 5.92. The van der Waals surface area contributed by atoms with Crippen molar-refractivity contribution in [2.24, 2.45) is 5.92 Å². The van der Waals surface area contributed by atoms with Crippen LogP contribution in [0.3, 0.4) is 0 Å². The van der Waals surface area contributed by atoms with Gasteiger partial charge in [0, 0.05) is 12.0 Å². The van der Waals surface area contributed by atoms with E-state index in [1.165, 1.54) is 19.3 Å². The Morgan fingerprint density at radius 1 is 1.06 bits per heavy atom. The zero-order chi connectivity index (χ0) is 24.7. The van der Waals surface area contributed by atoms with Crippen molar-refractivity contribution in [3.8, 4) is 22.5 Å². The first-order valence-corrected chi connectivity index (χ1v) is 12.8. The summed E-state index contributed by atoms with van der Waals surface area (Å²) in [5.74, 6) is 2.14. The van der Waals surface area contributed by atoms with Crippen LogP contribution in [0.5, 0.6) is 0 Å². The van der Waals surface area contributed by atoms with Crippen molar-refractivity contribution in [3.63, 3.8) is 0 Å². The number of hydrogen-bond donors (Lipinski definition) is 1. The topological polar surface area (TPSA) is 102 Å². The zero-order valence-corrected chi connectivity index (χ0v) is 20.6. The molecule has 1 aliphatic carbocycles. The minimum atomic E-state index is 0.0558. The number of carbonyl (C=O) groups excluding carboxylic acids is 1. The van der Waals surface area contributed by atoms with Gasteiger partial charge in [-0.2, -0.15) is 5.21 Å². The molecule has 2 heterocycles. The van der Waals surface area contributed by atoms with Gasteiger partial charge in [0.15, 0.2) is 5.82 Å². The minimum absolute atomic E-state index is 0.0558. The lowest BCUT2D eigenvalue weighted by molar-refractivity contribution is 0.0939. The molecule has 0 bridgehead atoms. The monoisotopic (exact) mass is 481 g/mol. The molecule has 0 atom stereocenters. The molecule has 0 amide bonds. The molecule has 1 saturated carbocycles. The molecule has 0 saturated heterocycles. The minimum Gasteiger partial charge on any atom is -0.291 e. The SMILES string of the molecule is CCC=Cc1nc(C(=O)CC2CCCCC2)nn1Cc1ccc(-c2ccccc2-c2nn[nH]n2)cc1. The van der Waals surface area contributed by atoms with Crippen LogP contribution in [-0.2, 0) is 6.54 Å². The Kier molecular flexibility index (Phi) is 7.40. The van der Waals surface area contributed by atoms with Crippen molar-refractivity contribution in [2.75, 3.05) is 0 Å². The highest BCUT2D eigenvalue weighted by Gasteiger charge is 2.22. The predicted octanol–water partition coefficient (Wildman–Crippen LogP) is 5.75. The molecule has 0 unspecified atom stereocenters. The maximum atomic E-state index is 13.0. The van der Waals surface area contributed by atoms with E-state index in [1.807, 2.05) is 35.0 Å². The summed E-state index contributed by atoms with van der Waals surface area (Å²) < 4.78 is 1.84. The third-order valence-electron chi connectivity index (χ3n) is 6.76. The Hall–Kier alpha value is -3.94. The van der Waals surface area contributed by atoms with Gasteiger partial charge in [-0.15, -0.1) is 15.3 Å². The van der Waals surface area contributed by atoms with Gasteiger partial charge in [-0.05, 0) is 40.3 Å². The molecule has 0 spiro atoms. The third kappa shape index (κ3) is 5.48. The number of allylic oxidation sites excluding steroid dienone is 1. The summed E-state index contributed by atoms with van der Waals surface area (Å²) in [4.78, 5) is 17.6. The number of ketones is 1. The van der Waals surface area contributed by atoms with Crippen molar-refractivity contribution in [1.82, 2.24) is 35.4 Å². The second kappa shape index (κ2) is 11.2. The molecule has 4 aromatic rings. The van der Waals surface area contributed by atoms with E-state index >= 15 is 0 Å². The molecule has 36 heavy (non-hydrogen) atoms. The Bertz CT molecular complexity index is 1320. The number of aromatic amines is 1. The summed E-state index contributed by atoms with van der Waals surface area (Å²) in [5.41, 5.74) is 4.10. The van der Waals surface area contributed by atoms with Crippen LogP contribution in [0.1, 0.15) is 73.9 Å². The molecule has 0 radical (unpaired) electrons. The second-order valence-corrected chi connectivity index (χ2v) is 9.37. The van der Waals surface area contributed by atoms with Gasteiger partial charge in [-0.25, -0.2) is 9.67 Å². The fourth-order valence-electron chi connectivity index (χ4n) is 4.85. The van der Waals surface area contributed by atoms with Crippen LogP contribution in [0.25, 0.3) is 28.6 Å². The van der Waals surface area contributed by atoms with E-state index in [-0.39, 0.29) is 5.78 Å². The van der Waals surface area contributed by atoms with Gasteiger partial charge in [0.2, 0.25) is 17.4 Å². The van der Waals surface area contributed by atoms with Gasteiger partial charge in [-0.3, -0.25) is 4.79 Å². The molecule has 8 heteroatoms. The normalized spacial score (nSPS) is 14.5. The first-order valence-electron chi connectivity index (χ1n) is 12.8. The quantitative estimate of drug-likeness (QED) is 0.305. The van der Waals surface area contributed by atoms with Crippen LogP contribution >= 0.6 is 0 Å². The standard InChI is InChI=1S/C28H31N7O/c1-2-3-13-26-29-28(25(36)18-20-9-5-4-6-10-20)32-35(26)19-21-14-16-22(17-15-21)23-11-7-8-12-24(23)27-30-33-34-31-27/h3,7-8,11-17,20H,2,4-6,9-10,18-19H2,1H3,(H,30,31,33,34). The fourth-order valence-corrected chi connectivity index (χ4v) is 4.85. The average molecular weight is 482 g/mol. The summed E-state index contributed by atoms with van der Waals surface area (Å²) in [6.45, 7) is 2.62. The smallest absolute Gasteiger partial charge is 0.217 e. The van der Waals surface area contributed by atoms with E-state index in [1.54, 1.807) is 0 Å². The lowest BCUT2D eigenvalue weighted by Gasteiger charge is -2.19. The Morgan fingerprint density at radius 2 is 1.83 bits per heavy atom. The lowest BCUT2D eigenvalue weighted by Crippen LogP contribution is -2.13. The van der Waals surface area contributed by atoms with Crippen LogP contribution in [0.15, 0.2) is 54.6 Å². The van der Waals surface area contributed by atoms with Crippen molar-refractivity contribution in [2.45, 2.75) is 58.4 Å². The number of carbonyl (C=O) groups is 1. The van der Waals surface area contributed by atoms with Gasteiger partial charge in [0.25, 0.3) is 0 Å². The third-order valence-corrected chi connectivity index (χ3v) is 6.76. The predicted molar refractivity (Wildman–Crippen MR) is 139 cm³/mol. The molecular formula is C28H31N7O. The van der Waals surface area contributed by atoms with Crippen LogP contribution in [-0.4, -0.2) is 41.2 Å². The Morgan fingerprint density at radius 3 is 2.56 bits per heavy atom. The van der Waals surface area contributed by atoms with Gasteiger partial charge < -0.3 is 0 Å². The summed E-state index contributed by atoms with van der Waals surface area (Å²) in [6.07, 6.45) is 11.5. The number of Topliss-reactive ketones (excluding diaryl/α,β-unsaturated/α-hetero) is 1. The first kappa shape index (κ1) is 23.8. The van der Waals surface area contributed by atoms with Crippen LogP contribution in [0.2, 0.25) is 0 Å². The number of hydrogen-bond acceptors (Lipinski definition) is 6. The van der Waals surface area contributed by atoms with E-state index in [0.29, 0.717) is 30.5 Å². The molecule has 184 valence electrons. The molecule has 1 N–H and O–H groups in total. The van der Waals surface area contributed by atoms with E-state index in [9.17, 15) is 4.79 Å². The summed E-state index contributed by atoms with van der Waals surface area (Å²) in [7, 11) is 0. The van der Waals surface area contributed by atoms with Crippen molar-refractivity contribution in [3.05, 3.63) is 71.8 Å². The highest BCUT2D eigenvalue weighted by Crippen LogP contribution is 2.30. The molecular weight excluding hydrogens is 450 g/mol. The van der Waals surface area contributed by atoms with Crippen molar-refractivity contribution >= 4 is 11.9 Å². The van der Waals surface area contributed by atoms with Gasteiger partial charge in [0.05, 0.1) is 6.54 Å². The lowest BCUT2D eigenvalue weighted by atomic mass is 9.86. The molecule has 5 rings (SSSR count).